The van der Waals surface area contributed by atoms with Crippen LogP contribution in [-0.2, 0) is 4.84 Å². The lowest BCUT2D eigenvalue weighted by Crippen LogP contribution is -2.38. The van der Waals surface area contributed by atoms with Crippen LogP contribution < -0.4 is 16.1 Å². The Morgan fingerprint density at radius 2 is 2.32 bits per heavy atom. The molecule has 0 aromatic rings. The number of hydroxylamine groups is 1. The third-order valence-corrected chi connectivity index (χ3v) is 3.81. The van der Waals surface area contributed by atoms with Gasteiger partial charge in [0.05, 0.1) is 12.4 Å². The summed E-state index contributed by atoms with van der Waals surface area (Å²) < 4.78 is 0. The van der Waals surface area contributed by atoms with E-state index in [-0.39, 0.29) is 6.04 Å². The molecule has 1 aliphatic rings. The summed E-state index contributed by atoms with van der Waals surface area (Å²) in [5.74, 6) is 1.85. The lowest BCUT2D eigenvalue weighted by molar-refractivity contribution is 0.127. The van der Waals surface area contributed by atoms with Crippen LogP contribution in [0.15, 0.2) is 28.2 Å². The molecular formula is C16H31N5O. The Labute approximate surface area is 134 Å². The SMILES string of the molecule is CCN(C)CCC(C)NC1=C(C)C(/C=C(\C)ONC)N=CN1. The van der Waals surface area contributed by atoms with Gasteiger partial charge in [-0.05, 0) is 59.0 Å². The van der Waals surface area contributed by atoms with Crippen molar-refractivity contribution in [3.63, 3.8) is 0 Å². The van der Waals surface area contributed by atoms with Crippen LogP contribution >= 0.6 is 0 Å². The van der Waals surface area contributed by atoms with Gasteiger partial charge in [0.15, 0.2) is 0 Å². The molecular weight excluding hydrogens is 278 g/mol. The number of nitrogens with zero attached hydrogens (tertiary/aromatic N) is 2. The zero-order valence-corrected chi connectivity index (χ0v) is 14.7. The van der Waals surface area contributed by atoms with Crippen molar-refractivity contribution in [2.24, 2.45) is 4.99 Å². The highest BCUT2D eigenvalue weighted by atomic mass is 16.6. The number of hydrogen-bond acceptors (Lipinski definition) is 6. The maximum absolute atomic E-state index is 5.25. The van der Waals surface area contributed by atoms with Gasteiger partial charge in [-0.3, -0.25) is 4.99 Å². The predicted molar refractivity (Wildman–Crippen MR) is 92.4 cm³/mol. The Morgan fingerprint density at radius 3 is 2.95 bits per heavy atom. The fraction of sp³-hybridized carbons (Fsp3) is 0.688. The second-order valence-electron chi connectivity index (χ2n) is 5.74. The van der Waals surface area contributed by atoms with E-state index in [2.05, 4.69) is 53.8 Å². The summed E-state index contributed by atoms with van der Waals surface area (Å²) in [6.45, 7) is 10.6. The van der Waals surface area contributed by atoms with Gasteiger partial charge in [0.1, 0.15) is 11.6 Å². The molecule has 0 aromatic carbocycles. The van der Waals surface area contributed by atoms with E-state index >= 15 is 0 Å². The molecule has 6 nitrogen and oxygen atoms in total. The Kier molecular flexibility index (Phi) is 7.98. The van der Waals surface area contributed by atoms with E-state index in [4.69, 9.17) is 4.84 Å². The maximum Gasteiger partial charge on any atom is 0.119 e. The molecule has 126 valence electrons. The van der Waals surface area contributed by atoms with Gasteiger partial charge in [0.25, 0.3) is 0 Å². The molecule has 2 unspecified atom stereocenters. The molecule has 0 spiro atoms. The van der Waals surface area contributed by atoms with E-state index in [9.17, 15) is 0 Å². The van der Waals surface area contributed by atoms with Gasteiger partial charge in [-0.1, -0.05) is 6.92 Å². The van der Waals surface area contributed by atoms with E-state index < -0.39 is 0 Å². The van der Waals surface area contributed by atoms with Crippen LogP contribution in [0.3, 0.4) is 0 Å². The van der Waals surface area contributed by atoms with Gasteiger partial charge >= 0.3 is 0 Å². The van der Waals surface area contributed by atoms with Crippen LogP contribution in [0.1, 0.15) is 34.1 Å². The minimum Gasteiger partial charge on any atom is -0.414 e. The van der Waals surface area contributed by atoms with Crippen molar-refractivity contribution in [3.8, 4) is 0 Å². The Balaban J connectivity index is 2.63. The van der Waals surface area contributed by atoms with Crippen molar-refractivity contribution < 1.29 is 4.84 Å². The van der Waals surface area contributed by atoms with Gasteiger partial charge in [-0.2, -0.15) is 5.48 Å². The van der Waals surface area contributed by atoms with Crippen LogP contribution in [-0.4, -0.2) is 50.5 Å². The second kappa shape index (κ2) is 9.48. The molecule has 1 heterocycles. The van der Waals surface area contributed by atoms with Crippen molar-refractivity contribution in [2.75, 3.05) is 27.2 Å². The zero-order chi connectivity index (χ0) is 16.5. The smallest absolute Gasteiger partial charge is 0.119 e. The van der Waals surface area contributed by atoms with E-state index in [1.807, 2.05) is 13.0 Å². The molecule has 0 saturated heterocycles. The summed E-state index contributed by atoms with van der Waals surface area (Å²) in [7, 11) is 3.89. The molecule has 0 amide bonds. The molecule has 6 heteroatoms. The zero-order valence-electron chi connectivity index (χ0n) is 14.7. The van der Waals surface area contributed by atoms with Gasteiger partial charge in [0.2, 0.25) is 0 Å². The molecule has 0 aliphatic carbocycles. The Hall–Kier alpha value is -1.53. The molecule has 1 aliphatic heterocycles. The first kappa shape index (κ1) is 18.5. The van der Waals surface area contributed by atoms with Crippen LogP contribution in [0.5, 0.6) is 0 Å². The molecule has 0 bridgehead atoms. The summed E-state index contributed by atoms with van der Waals surface area (Å²) in [6.07, 6.45) is 4.84. The van der Waals surface area contributed by atoms with Crippen molar-refractivity contribution in [2.45, 2.75) is 46.2 Å². The summed E-state index contributed by atoms with van der Waals surface area (Å²) in [4.78, 5) is 12.0. The Bertz CT molecular complexity index is 430. The van der Waals surface area contributed by atoms with Crippen molar-refractivity contribution in [1.29, 1.82) is 0 Å². The monoisotopic (exact) mass is 309 g/mol. The minimum absolute atomic E-state index is 0.00242. The molecule has 0 aromatic heterocycles. The normalized spacial score (nSPS) is 20.1. The molecule has 3 N–H and O–H groups in total. The first-order valence-electron chi connectivity index (χ1n) is 7.94. The van der Waals surface area contributed by atoms with E-state index in [0.29, 0.717) is 6.04 Å². The number of nitrogens with one attached hydrogen (secondary N) is 3. The van der Waals surface area contributed by atoms with Gasteiger partial charge in [-0.25, -0.2) is 0 Å². The number of aliphatic imine (C=N–C) groups is 1. The molecule has 0 fully saturated rings. The topological polar surface area (TPSA) is 60.9 Å². The maximum atomic E-state index is 5.25. The van der Waals surface area contributed by atoms with Gasteiger partial charge < -0.3 is 20.4 Å². The average Bonchev–Trinajstić information content (AvgIpc) is 2.49. The molecule has 0 radical (unpaired) electrons. The highest BCUT2D eigenvalue weighted by molar-refractivity contribution is 5.61. The van der Waals surface area contributed by atoms with E-state index in [1.165, 1.54) is 0 Å². The lowest BCUT2D eigenvalue weighted by Gasteiger charge is -2.26. The first-order valence-corrected chi connectivity index (χ1v) is 7.94. The van der Waals surface area contributed by atoms with E-state index in [1.54, 1.807) is 13.4 Å². The first-order chi connectivity index (χ1) is 10.5. The fourth-order valence-electron chi connectivity index (χ4n) is 2.19. The third-order valence-electron chi connectivity index (χ3n) is 3.81. The van der Waals surface area contributed by atoms with Gasteiger partial charge in [0, 0.05) is 13.1 Å². The third kappa shape index (κ3) is 6.07. The number of allylic oxidation sites excluding steroid dienone is 1. The minimum atomic E-state index is 0.00242. The van der Waals surface area contributed by atoms with Crippen molar-refractivity contribution >= 4 is 6.34 Å². The average molecular weight is 309 g/mol. The van der Waals surface area contributed by atoms with Gasteiger partial charge in [-0.15, -0.1) is 0 Å². The highest BCUT2D eigenvalue weighted by Crippen LogP contribution is 2.15. The largest absolute Gasteiger partial charge is 0.414 e. The highest BCUT2D eigenvalue weighted by Gasteiger charge is 2.17. The molecule has 1 rings (SSSR count). The summed E-state index contributed by atoms with van der Waals surface area (Å²) in [5.41, 5.74) is 3.84. The van der Waals surface area contributed by atoms with Crippen LogP contribution in [0.4, 0.5) is 0 Å². The van der Waals surface area contributed by atoms with Crippen LogP contribution in [0.2, 0.25) is 0 Å². The molecule has 2 atom stereocenters. The molecule has 22 heavy (non-hydrogen) atoms. The predicted octanol–water partition coefficient (Wildman–Crippen LogP) is 1.59. The standard InChI is InChI=1S/C16H31N5O/c1-7-21(6)9-8-12(2)20-16-14(4)15(18-11-19-16)10-13(3)22-17-5/h10-12,15,17,20H,7-9H2,1-6H3,(H,18,19)/b13-10+. The summed E-state index contributed by atoms with van der Waals surface area (Å²) in [5, 5.41) is 6.76. The number of rotatable bonds is 9. The second-order valence-corrected chi connectivity index (χ2v) is 5.74. The molecule has 0 saturated carbocycles. The quantitative estimate of drug-likeness (QED) is 0.446. The number of hydrogen-bond donors (Lipinski definition) is 3. The summed E-state index contributed by atoms with van der Waals surface area (Å²) >= 11 is 0. The van der Waals surface area contributed by atoms with Crippen molar-refractivity contribution in [1.82, 2.24) is 21.0 Å². The Morgan fingerprint density at radius 1 is 1.59 bits per heavy atom. The lowest BCUT2D eigenvalue weighted by atomic mass is 10.1. The fourth-order valence-corrected chi connectivity index (χ4v) is 2.19. The van der Waals surface area contributed by atoms with Crippen molar-refractivity contribution in [3.05, 3.63) is 23.2 Å². The van der Waals surface area contributed by atoms with Crippen LogP contribution in [0.25, 0.3) is 0 Å². The summed E-state index contributed by atoms with van der Waals surface area (Å²) in [6, 6.07) is 0.403. The van der Waals surface area contributed by atoms with Crippen LogP contribution in [0, 0.1) is 0 Å². The van der Waals surface area contributed by atoms with E-state index in [0.717, 1.165) is 36.7 Å².